The third-order valence-electron chi connectivity index (χ3n) is 3.80. The minimum absolute atomic E-state index is 0. The van der Waals surface area contributed by atoms with Gasteiger partial charge in [0.1, 0.15) is 0 Å². The molecule has 2 nitrogen and oxygen atoms in total. The van der Waals surface area contributed by atoms with Crippen molar-refractivity contribution in [3.63, 3.8) is 0 Å². The molecule has 3 aliphatic rings. The normalized spacial score (nSPS) is 28.1. The van der Waals surface area contributed by atoms with Crippen LogP contribution in [0.5, 0.6) is 0 Å². The molecule has 0 aliphatic heterocycles. The molecule has 3 aliphatic carbocycles. The minimum atomic E-state index is -1.01. The van der Waals surface area contributed by atoms with Crippen molar-refractivity contribution >= 4 is 5.97 Å². The Morgan fingerprint density at radius 2 is 1.88 bits per heavy atom. The Balaban J connectivity index is 0.000000296. The van der Waals surface area contributed by atoms with Crippen LogP contribution in [-0.2, 0) is 24.3 Å². The molecule has 0 aromatic rings. The standard InChI is InChI=1S/C9H13.C5H10O2.Zn/c1-9(2)7-4-3-5-8(9)6-7;1-5(2,3)4(6)7;/h3,7-8H,4,6H2,1-2H3;1-3H3,(H,6,7);/p-1. The molecule has 17 heavy (non-hydrogen) atoms. The largest absolute Gasteiger partial charge is 0.550 e. The van der Waals surface area contributed by atoms with Crippen LogP contribution in [-0.4, -0.2) is 5.97 Å². The monoisotopic (exact) mass is 286 g/mol. The van der Waals surface area contributed by atoms with E-state index in [-0.39, 0.29) is 19.5 Å². The van der Waals surface area contributed by atoms with Gasteiger partial charge in [-0.2, -0.15) is 0 Å². The zero-order valence-electron chi connectivity index (χ0n) is 11.7. The molecule has 0 spiro atoms. The second kappa shape index (κ2) is 5.65. The molecule has 1 fully saturated rings. The Labute approximate surface area is 118 Å². The van der Waals surface area contributed by atoms with Crippen molar-refractivity contribution < 1.29 is 29.4 Å². The topological polar surface area (TPSA) is 40.1 Å². The summed E-state index contributed by atoms with van der Waals surface area (Å²) in [6.07, 6.45) is 8.33. The predicted octanol–water partition coefficient (Wildman–Crippen LogP) is 2.19. The van der Waals surface area contributed by atoms with Gasteiger partial charge in [-0.3, -0.25) is 0 Å². The van der Waals surface area contributed by atoms with Crippen LogP contribution in [0.15, 0.2) is 6.08 Å². The summed E-state index contributed by atoms with van der Waals surface area (Å²) in [4.78, 5) is 9.91. The van der Waals surface area contributed by atoms with Crippen LogP contribution in [0.4, 0.5) is 0 Å². The summed E-state index contributed by atoms with van der Waals surface area (Å²) < 4.78 is 0. The third-order valence-corrected chi connectivity index (χ3v) is 3.80. The maximum absolute atomic E-state index is 9.91. The predicted molar refractivity (Wildman–Crippen MR) is 62.3 cm³/mol. The molecule has 0 amide bonds. The van der Waals surface area contributed by atoms with Crippen LogP contribution in [0.1, 0.15) is 47.5 Å². The van der Waals surface area contributed by atoms with Gasteiger partial charge >= 0.3 is 0 Å². The van der Waals surface area contributed by atoms with E-state index in [1.165, 1.54) is 12.8 Å². The summed E-state index contributed by atoms with van der Waals surface area (Å²) >= 11 is 0. The van der Waals surface area contributed by atoms with Crippen molar-refractivity contribution in [3.05, 3.63) is 12.2 Å². The average molecular weight is 288 g/mol. The molecule has 0 aromatic heterocycles. The van der Waals surface area contributed by atoms with Gasteiger partial charge in [-0.25, -0.2) is 0 Å². The van der Waals surface area contributed by atoms with Crippen molar-refractivity contribution in [3.8, 4) is 0 Å². The van der Waals surface area contributed by atoms with Gasteiger partial charge in [0.25, 0.3) is 0 Å². The first-order chi connectivity index (χ1) is 7.15. The van der Waals surface area contributed by atoms with Crippen LogP contribution in [0.2, 0.25) is 0 Å². The van der Waals surface area contributed by atoms with Crippen molar-refractivity contribution in [2.75, 3.05) is 0 Å². The Kier molecular flexibility index (Phi) is 5.59. The summed E-state index contributed by atoms with van der Waals surface area (Å²) in [5.41, 5.74) is -0.102. The number of hydrogen-bond donors (Lipinski definition) is 0. The second-order valence-electron chi connectivity index (χ2n) is 6.45. The molecule has 1 radical (unpaired) electrons. The van der Waals surface area contributed by atoms with Gasteiger partial charge in [0, 0.05) is 30.9 Å². The fraction of sp³-hybridized carbons (Fsp3) is 0.786. The minimum Gasteiger partial charge on any atom is -0.550 e. The first kappa shape index (κ1) is 16.8. The smallest absolute Gasteiger partial charge is 0.0467 e. The molecule has 0 N–H and O–H groups in total. The van der Waals surface area contributed by atoms with Gasteiger partial charge in [-0.05, 0) is 36.2 Å². The zero-order chi connectivity index (χ0) is 12.6. The van der Waals surface area contributed by atoms with E-state index in [9.17, 15) is 9.90 Å². The van der Waals surface area contributed by atoms with Crippen LogP contribution in [0, 0.1) is 28.7 Å². The SMILES string of the molecule is CC(C)(C)C(=O)[O-].CC1(C)C2[C]=CCC1C2.[Zn]. The third kappa shape index (κ3) is 3.91. The number of carboxylic acid groups (broad SMARTS) is 1. The van der Waals surface area contributed by atoms with E-state index in [4.69, 9.17) is 0 Å². The summed E-state index contributed by atoms with van der Waals surface area (Å²) in [5.74, 6) is 0.757. The van der Waals surface area contributed by atoms with Crippen molar-refractivity contribution in [2.24, 2.45) is 22.7 Å². The number of carbonyl (C=O) groups excluding carboxylic acids is 1. The number of rotatable bonds is 0. The molecule has 93 valence electrons. The van der Waals surface area contributed by atoms with E-state index < -0.39 is 11.4 Å². The molecule has 2 unspecified atom stereocenters. The number of carboxylic acids is 1. The number of fused-ring (bicyclic) bond motifs is 1. The Hall–Kier alpha value is -0.167. The number of carbonyl (C=O) groups is 1. The van der Waals surface area contributed by atoms with E-state index in [1.807, 2.05) is 0 Å². The van der Waals surface area contributed by atoms with Gasteiger partial charge in [-0.1, -0.05) is 40.7 Å². The van der Waals surface area contributed by atoms with Crippen LogP contribution >= 0.6 is 0 Å². The maximum atomic E-state index is 9.91. The van der Waals surface area contributed by atoms with E-state index >= 15 is 0 Å². The number of hydrogen-bond acceptors (Lipinski definition) is 2. The quantitative estimate of drug-likeness (QED) is 0.641. The van der Waals surface area contributed by atoms with E-state index in [2.05, 4.69) is 26.0 Å². The molecule has 3 rings (SSSR count). The summed E-state index contributed by atoms with van der Waals surface area (Å²) in [5, 5.41) is 9.91. The van der Waals surface area contributed by atoms with Gasteiger partial charge in [0.15, 0.2) is 0 Å². The molecule has 0 heterocycles. The van der Waals surface area contributed by atoms with Gasteiger partial charge in [-0.15, -0.1) is 0 Å². The molecule has 1 saturated carbocycles. The van der Waals surface area contributed by atoms with E-state index in [1.54, 1.807) is 20.8 Å². The summed E-state index contributed by atoms with van der Waals surface area (Å²) in [6, 6.07) is 0. The second-order valence-corrected chi connectivity index (χ2v) is 6.45. The van der Waals surface area contributed by atoms with Crippen LogP contribution in [0.25, 0.3) is 0 Å². The summed E-state index contributed by atoms with van der Waals surface area (Å²) in [6.45, 7) is 9.53. The molecule has 2 bridgehead atoms. The maximum Gasteiger partial charge on any atom is 0.0467 e. The first-order valence-corrected chi connectivity index (χ1v) is 5.95. The molecule has 3 heteroatoms. The zero-order valence-corrected chi connectivity index (χ0v) is 14.6. The molecular formula is C14H22O2Zn-. The van der Waals surface area contributed by atoms with Gasteiger partial charge < -0.3 is 9.90 Å². The molecule has 0 aromatic carbocycles. The molecular weight excluding hydrogens is 266 g/mol. The Morgan fingerprint density at radius 3 is 2.00 bits per heavy atom. The Morgan fingerprint density at radius 1 is 1.41 bits per heavy atom. The molecule has 2 atom stereocenters. The van der Waals surface area contributed by atoms with Crippen LogP contribution < -0.4 is 5.11 Å². The van der Waals surface area contributed by atoms with Crippen molar-refractivity contribution in [1.29, 1.82) is 0 Å². The fourth-order valence-electron chi connectivity index (χ4n) is 2.05. The number of aliphatic carboxylic acids is 1. The fourth-order valence-corrected chi connectivity index (χ4v) is 2.05. The van der Waals surface area contributed by atoms with Gasteiger partial charge in [0.2, 0.25) is 0 Å². The first-order valence-electron chi connectivity index (χ1n) is 5.95. The van der Waals surface area contributed by atoms with Crippen LogP contribution in [0.3, 0.4) is 0 Å². The molecule has 0 saturated heterocycles. The number of allylic oxidation sites excluding steroid dienone is 2. The summed E-state index contributed by atoms with van der Waals surface area (Å²) in [7, 11) is 0. The van der Waals surface area contributed by atoms with E-state index in [0.29, 0.717) is 5.41 Å². The van der Waals surface area contributed by atoms with Gasteiger partial charge in [0.05, 0.1) is 0 Å². The average Bonchev–Trinajstić information content (AvgIpc) is 2.18. The Bertz CT molecular complexity index is 300. The van der Waals surface area contributed by atoms with Crippen molar-refractivity contribution in [1.82, 2.24) is 0 Å². The van der Waals surface area contributed by atoms with E-state index in [0.717, 1.165) is 11.8 Å². The van der Waals surface area contributed by atoms with Crippen molar-refractivity contribution in [2.45, 2.75) is 47.5 Å².